The van der Waals surface area contributed by atoms with E-state index in [1.807, 2.05) is 30.3 Å². The number of benzene rings is 2. The highest BCUT2D eigenvalue weighted by Crippen LogP contribution is 2.31. The van der Waals surface area contributed by atoms with Crippen LogP contribution in [0.25, 0.3) is 0 Å². The van der Waals surface area contributed by atoms with Gasteiger partial charge in [0.1, 0.15) is 5.75 Å². The maximum atomic E-state index is 12.6. The number of nitrogens with one attached hydrogen (secondary N) is 1. The number of rotatable bonds is 2. The molecule has 0 aromatic heterocycles. The van der Waals surface area contributed by atoms with Crippen LogP contribution in [-0.4, -0.2) is 25.0 Å². The summed E-state index contributed by atoms with van der Waals surface area (Å²) >= 11 is 0. The third-order valence-electron chi connectivity index (χ3n) is 3.61. The van der Waals surface area contributed by atoms with Crippen LogP contribution in [-0.2, 0) is 4.79 Å². The molecule has 1 atom stereocenters. The summed E-state index contributed by atoms with van der Waals surface area (Å²) in [5.74, 6) is 0.189. The molecule has 1 heterocycles. The summed E-state index contributed by atoms with van der Waals surface area (Å²) in [6.45, 7) is 1.67. The number of anilines is 2. The lowest BCUT2D eigenvalue weighted by Crippen LogP contribution is -2.34. The van der Waals surface area contributed by atoms with Crippen molar-refractivity contribution in [2.24, 2.45) is 0 Å². The third kappa shape index (κ3) is 2.53. The number of carbonyl (C=O) groups excluding carboxylic acids is 2. The summed E-state index contributed by atoms with van der Waals surface area (Å²) in [6, 6.07) is 14.4. The monoisotopic (exact) mass is 296 g/mol. The van der Waals surface area contributed by atoms with Crippen molar-refractivity contribution in [2.45, 2.75) is 13.0 Å². The van der Waals surface area contributed by atoms with E-state index in [9.17, 15) is 9.59 Å². The highest BCUT2D eigenvalue weighted by atomic mass is 16.5. The summed E-state index contributed by atoms with van der Waals surface area (Å²) in [5.41, 5.74) is 1.91. The molecule has 1 aliphatic rings. The van der Waals surface area contributed by atoms with E-state index in [2.05, 4.69) is 5.32 Å². The summed E-state index contributed by atoms with van der Waals surface area (Å²) < 4.78 is 5.54. The first kappa shape index (κ1) is 14.1. The van der Waals surface area contributed by atoms with Gasteiger partial charge in [-0.25, -0.2) is 0 Å². The molecular formula is C17H16N2O3. The molecule has 22 heavy (non-hydrogen) atoms. The Labute approximate surface area is 128 Å². The van der Waals surface area contributed by atoms with Gasteiger partial charge < -0.3 is 15.0 Å². The first-order valence-corrected chi connectivity index (χ1v) is 7.01. The molecular weight excluding hydrogens is 280 g/mol. The molecule has 0 saturated carbocycles. The summed E-state index contributed by atoms with van der Waals surface area (Å²) in [4.78, 5) is 25.7. The van der Waals surface area contributed by atoms with Crippen molar-refractivity contribution in [3.05, 3.63) is 54.1 Å². The van der Waals surface area contributed by atoms with Crippen LogP contribution in [0.15, 0.2) is 48.5 Å². The molecule has 3 rings (SSSR count). The average molecular weight is 296 g/mol. The minimum Gasteiger partial charge on any atom is -0.479 e. The van der Waals surface area contributed by atoms with Crippen LogP contribution in [0.4, 0.5) is 11.4 Å². The van der Waals surface area contributed by atoms with Crippen LogP contribution in [0.2, 0.25) is 0 Å². The largest absolute Gasteiger partial charge is 0.479 e. The fourth-order valence-electron chi connectivity index (χ4n) is 2.30. The van der Waals surface area contributed by atoms with Crippen molar-refractivity contribution in [1.82, 2.24) is 0 Å². The second-order valence-electron chi connectivity index (χ2n) is 5.16. The standard InChI is InChI=1S/C17H16N2O3/c1-11-16(20)18-14-9-8-12(10-15(14)22-11)17(21)19(2)13-6-4-3-5-7-13/h3-11H,1-2H3,(H,18,20). The Morgan fingerprint density at radius 3 is 2.64 bits per heavy atom. The third-order valence-corrected chi connectivity index (χ3v) is 3.61. The van der Waals surface area contributed by atoms with Gasteiger partial charge in [-0.1, -0.05) is 18.2 Å². The molecule has 0 radical (unpaired) electrons. The molecule has 0 saturated heterocycles. The van der Waals surface area contributed by atoms with Crippen LogP contribution in [0, 0.1) is 0 Å². The van der Waals surface area contributed by atoms with Gasteiger partial charge in [0.15, 0.2) is 6.10 Å². The Morgan fingerprint density at radius 2 is 1.91 bits per heavy atom. The zero-order chi connectivity index (χ0) is 15.7. The van der Waals surface area contributed by atoms with Crippen LogP contribution in [0.1, 0.15) is 17.3 Å². The molecule has 0 fully saturated rings. The number of para-hydroxylation sites is 1. The van der Waals surface area contributed by atoms with E-state index in [-0.39, 0.29) is 11.8 Å². The van der Waals surface area contributed by atoms with Crippen molar-refractivity contribution < 1.29 is 14.3 Å². The van der Waals surface area contributed by atoms with Crippen molar-refractivity contribution in [3.63, 3.8) is 0 Å². The van der Waals surface area contributed by atoms with Crippen LogP contribution >= 0.6 is 0 Å². The lowest BCUT2D eigenvalue weighted by molar-refractivity contribution is -0.122. The quantitative estimate of drug-likeness (QED) is 0.927. The van der Waals surface area contributed by atoms with Gasteiger partial charge in [-0.3, -0.25) is 9.59 Å². The Kier molecular flexibility index (Phi) is 3.55. The molecule has 0 bridgehead atoms. The van der Waals surface area contributed by atoms with E-state index in [4.69, 9.17) is 4.74 Å². The topological polar surface area (TPSA) is 58.6 Å². The molecule has 0 aliphatic carbocycles. The second kappa shape index (κ2) is 5.52. The number of hydrogen-bond donors (Lipinski definition) is 1. The van der Waals surface area contributed by atoms with Gasteiger partial charge in [-0.15, -0.1) is 0 Å². The zero-order valence-electron chi connectivity index (χ0n) is 12.4. The number of hydrogen-bond acceptors (Lipinski definition) is 3. The number of fused-ring (bicyclic) bond motifs is 1. The highest BCUT2D eigenvalue weighted by molar-refractivity contribution is 6.07. The summed E-state index contributed by atoms with van der Waals surface area (Å²) in [7, 11) is 1.72. The van der Waals surface area contributed by atoms with E-state index in [0.717, 1.165) is 5.69 Å². The van der Waals surface area contributed by atoms with Crippen molar-refractivity contribution in [3.8, 4) is 5.75 Å². The van der Waals surface area contributed by atoms with Gasteiger partial charge in [-0.05, 0) is 37.3 Å². The van der Waals surface area contributed by atoms with Gasteiger partial charge in [0, 0.05) is 18.3 Å². The van der Waals surface area contributed by atoms with Gasteiger partial charge in [0.2, 0.25) is 0 Å². The van der Waals surface area contributed by atoms with E-state index in [1.54, 1.807) is 37.1 Å². The lowest BCUT2D eigenvalue weighted by atomic mass is 10.1. The predicted octanol–water partition coefficient (Wildman–Crippen LogP) is 2.68. The molecule has 2 amide bonds. The minimum absolute atomic E-state index is 0.137. The maximum absolute atomic E-state index is 12.6. The van der Waals surface area contributed by atoms with Crippen LogP contribution in [0.3, 0.4) is 0 Å². The van der Waals surface area contributed by atoms with Gasteiger partial charge >= 0.3 is 0 Å². The van der Waals surface area contributed by atoms with E-state index >= 15 is 0 Å². The first-order valence-electron chi connectivity index (χ1n) is 7.01. The number of nitrogens with zero attached hydrogens (tertiary/aromatic N) is 1. The second-order valence-corrected chi connectivity index (χ2v) is 5.16. The zero-order valence-corrected chi connectivity index (χ0v) is 12.4. The SMILES string of the molecule is CC1Oc2cc(C(=O)N(C)c3ccccc3)ccc2NC1=O. The number of carbonyl (C=O) groups is 2. The van der Waals surface area contributed by atoms with Gasteiger partial charge in [-0.2, -0.15) is 0 Å². The fourth-order valence-corrected chi connectivity index (χ4v) is 2.30. The molecule has 2 aromatic carbocycles. The lowest BCUT2D eigenvalue weighted by Gasteiger charge is -2.24. The maximum Gasteiger partial charge on any atom is 0.265 e. The molecule has 0 spiro atoms. The molecule has 1 unspecified atom stereocenters. The molecule has 5 heteroatoms. The molecule has 5 nitrogen and oxygen atoms in total. The number of ether oxygens (including phenoxy) is 1. The smallest absolute Gasteiger partial charge is 0.265 e. The van der Waals surface area contributed by atoms with Crippen LogP contribution in [0.5, 0.6) is 5.75 Å². The molecule has 2 aromatic rings. The molecule has 1 N–H and O–H groups in total. The van der Waals surface area contributed by atoms with Gasteiger partial charge in [0.05, 0.1) is 5.69 Å². The van der Waals surface area contributed by atoms with Crippen molar-refractivity contribution in [2.75, 3.05) is 17.3 Å². The Balaban J connectivity index is 1.88. The Bertz CT molecular complexity index is 728. The predicted molar refractivity (Wildman–Crippen MR) is 84.3 cm³/mol. The Morgan fingerprint density at radius 1 is 1.18 bits per heavy atom. The molecule has 112 valence electrons. The summed E-state index contributed by atoms with van der Waals surface area (Å²) in [5, 5.41) is 2.75. The minimum atomic E-state index is -0.565. The first-order chi connectivity index (χ1) is 10.6. The fraction of sp³-hybridized carbons (Fsp3) is 0.176. The Hall–Kier alpha value is -2.82. The van der Waals surface area contributed by atoms with Crippen LogP contribution < -0.4 is 15.0 Å². The molecule has 1 aliphatic heterocycles. The van der Waals surface area contributed by atoms with Crippen molar-refractivity contribution >= 4 is 23.2 Å². The van der Waals surface area contributed by atoms with E-state index in [1.165, 1.54) is 0 Å². The summed E-state index contributed by atoms with van der Waals surface area (Å²) in [6.07, 6.45) is -0.565. The van der Waals surface area contributed by atoms with Crippen molar-refractivity contribution in [1.29, 1.82) is 0 Å². The average Bonchev–Trinajstić information content (AvgIpc) is 2.55. The highest BCUT2D eigenvalue weighted by Gasteiger charge is 2.25. The number of amides is 2. The van der Waals surface area contributed by atoms with E-state index in [0.29, 0.717) is 17.0 Å². The van der Waals surface area contributed by atoms with Gasteiger partial charge in [0.25, 0.3) is 11.8 Å². The normalized spacial score (nSPS) is 16.3. The van der Waals surface area contributed by atoms with E-state index < -0.39 is 6.10 Å².